The number of carbonyl (C=O) groups is 2. The molecule has 1 aromatic carbocycles. The lowest BCUT2D eigenvalue weighted by Gasteiger charge is -2.28. The first-order valence-corrected chi connectivity index (χ1v) is 11.9. The Kier molecular flexibility index (Phi) is 7.87. The van der Waals surface area contributed by atoms with Gasteiger partial charge in [-0.2, -0.15) is 0 Å². The van der Waals surface area contributed by atoms with Crippen LogP contribution in [0.25, 0.3) is 11.4 Å². The van der Waals surface area contributed by atoms with Gasteiger partial charge in [-0.15, -0.1) is 5.10 Å². The highest BCUT2D eigenvalue weighted by Gasteiger charge is 2.22. The lowest BCUT2D eigenvalue weighted by atomic mass is 9.86. The van der Waals surface area contributed by atoms with Crippen molar-refractivity contribution in [2.75, 3.05) is 7.11 Å². The second kappa shape index (κ2) is 11.2. The van der Waals surface area contributed by atoms with E-state index in [9.17, 15) is 14.0 Å². The summed E-state index contributed by atoms with van der Waals surface area (Å²) in [6.07, 6.45) is 5.77. The van der Waals surface area contributed by atoms with Crippen LogP contribution in [0, 0.1) is 18.7 Å². The molecule has 10 nitrogen and oxygen atoms in total. The molecule has 0 radical (unpaired) electrons. The van der Waals surface area contributed by atoms with Crippen molar-refractivity contribution >= 4 is 11.8 Å². The molecule has 11 heteroatoms. The van der Waals surface area contributed by atoms with Crippen LogP contribution < -0.4 is 15.4 Å². The fraction of sp³-hybridized carbons (Fsp3) is 0.440. The first-order chi connectivity index (χ1) is 17.3. The molecule has 0 aliphatic heterocycles. The molecule has 1 saturated carbocycles. The summed E-state index contributed by atoms with van der Waals surface area (Å²) in [6.45, 7) is 4.19. The number of hydrogen-bond acceptors (Lipinski definition) is 7. The van der Waals surface area contributed by atoms with E-state index in [1.807, 2.05) is 6.20 Å². The van der Waals surface area contributed by atoms with Crippen molar-refractivity contribution in [3.63, 3.8) is 0 Å². The van der Waals surface area contributed by atoms with Gasteiger partial charge in [-0.05, 0) is 62.3 Å². The number of amides is 2. The average molecular weight is 496 g/mol. The van der Waals surface area contributed by atoms with E-state index >= 15 is 0 Å². The summed E-state index contributed by atoms with van der Waals surface area (Å²) in [7, 11) is 1.39. The SMILES string of the molecule is COc1cc(CNC(=O)c2cc(-c3cn(CC4CCC(NC(C)=O)CC4)nn3)nc(C)n2)ccc1F. The van der Waals surface area contributed by atoms with E-state index in [4.69, 9.17) is 4.74 Å². The van der Waals surface area contributed by atoms with Crippen LogP contribution in [0.3, 0.4) is 0 Å². The molecular formula is C25H30FN7O3. The minimum Gasteiger partial charge on any atom is -0.494 e. The topological polar surface area (TPSA) is 124 Å². The van der Waals surface area contributed by atoms with Crippen molar-refractivity contribution in [1.82, 2.24) is 35.6 Å². The summed E-state index contributed by atoms with van der Waals surface area (Å²) in [4.78, 5) is 32.7. The molecule has 2 heterocycles. The zero-order chi connectivity index (χ0) is 25.7. The number of aromatic nitrogens is 5. The highest BCUT2D eigenvalue weighted by Crippen LogP contribution is 2.26. The second-order valence-electron chi connectivity index (χ2n) is 9.08. The normalized spacial score (nSPS) is 17.4. The minimum absolute atomic E-state index is 0.0169. The van der Waals surface area contributed by atoms with Crippen LogP contribution in [-0.2, 0) is 17.9 Å². The average Bonchev–Trinajstić information content (AvgIpc) is 3.32. The van der Waals surface area contributed by atoms with Gasteiger partial charge in [0, 0.05) is 26.1 Å². The van der Waals surface area contributed by atoms with E-state index in [1.54, 1.807) is 30.7 Å². The molecule has 0 unspecified atom stereocenters. The van der Waals surface area contributed by atoms with Crippen LogP contribution in [0.5, 0.6) is 5.75 Å². The number of ether oxygens (including phenoxy) is 1. The van der Waals surface area contributed by atoms with E-state index < -0.39 is 5.82 Å². The number of aryl methyl sites for hydroxylation is 1. The number of nitrogens with one attached hydrogen (secondary N) is 2. The number of hydrogen-bond donors (Lipinski definition) is 2. The molecule has 0 atom stereocenters. The van der Waals surface area contributed by atoms with E-state index in [2.05, 4.69) is 30.9 Å². The molecule has 2 N–H and O–H groups in total. The lowest BCUT2D eigenvalue weighted by molar-refractivity contribution is -0.119. The predicted octanol–water partition coefficient (Wildman–Crippen LogP) is 2.82. The van der Waals surface area contributed by atoms with E-state index in [0.29, 0.717) is 28.7 Å². The van der Waals surface area contributed by atoms with Gasteiger partial charge in [0.25, 0.3) is 5.91 Å². The van der Waals surface area contributed by atoms with Gasteiger partial charge in [0.05, 0.1) is 19.0 Å². The van der Waals surface area contributed by atoms with Crippen LogP contribution in [0.4, 0.5) is 4.39 Å². The van der Waals surface area contributed by atoms with Gasteiger partial charge < -0.3 is 15.4 Å². The van der Waals surface area contributed by atoms with E-state index in [1.165, 1.54) is 19.2 Å². The van der Waals surface area contributed by atoms with Crippen molar-refractivity contribution < 1.29 is 18.7 Å². The second-order valence-corrected chi connectivity index (χ2v) is 9.08. The zero-order valence-electron chi connectivity index (χ0n) is 20.6. The maximum Gasteiger partial charge on any atom is 0.270 e. The summed E-state index contributed by atoms with van der Waals surface area (Å²) in [5.41, 5.74) is 1.97. The third-order valence-electron chi connectivity index (χ3n) is 6.24. The maximum absolute atomic E-state index is 13.6. The monoisotopic (exact) mass is 495 g/mol. The number of benzene rings is 1. The summed E-state index contributed by atoms with van der Waals surface area (Å²) in [5.74, 6) is 0.187. The van der Waals surface area contributed by atoms with E-state index in [0.717, 1.165) is 32.2 Å². The number of nitrogens with zero attached hydrogens (tertiary/aromatic N) is 5. The predicted molar refractivity (Wildman–Crippen MR) is 129 cm³/mol. The van der Waals surface area contributed by atoms with Gasteiger partial charge in [-0.25, -0.2) is 14.4 Å². The molecule has 0 saturated heterocycles. The molecular weight excluding hydrogens is 465 g/mol. The molecule has 2 amide bonds. The Balaban J connectivity index is 1.38. The van der Waals surface area contributed by atoms with Gasteiger partial charge in [-0.1, -0.05) is 11.3 Å². The van der Waals surface area contributed by atoms with Gasteiger partial charge in [0.2, 0.25) is 5.91 Å². The Morgan fingerprint density at radius 2 is 1.92 bits per heavy atom. The molecule has 0 bridgehead atoms. The first kappa shape index (κ1) is 25.2. The van der Waals surface area contributed by atoms with Crippen LogP contribution in [-0.4, -0.2) is 49.9 Å². The molecule has 1 fully saturated rings. The van der Waals surface area contributed by atoms with Crippen molar-refractivity contribution in [1.29, 1.82) is 0 Å². The zero-order valence-corrected chi connectivity index (χ0v) is 20.6. The first-order valence-electron chi connectivity index (χ1n) is 11.9. The number of carbonyl (C=O) groups excluding carboxylic acids is 2. The minimum atomic E-state index is -0.464. The maximum atomic E-state index is 13.6. The van der Waals surface area contributed by atoms with Crippen molar-refractivity contribution in [2.45, 2.75) is 58.7 Å². The van der Waals surface area contributed by atoms with Gasteiger partial charge in [0.15, 0.2) is 11.6 Å². The molecule has 1 aliphatic carbocycles. The Morgan fingerprint density at radius 1 is 1.14 bits per heavy atom. The summed E-state index contributed by atoms with van der Waals surface area (Å²) in [6, 6.07) is 6.26. The summed E-state index contributed by atoms with van der Waals surface area (Å²) >= 11 is 0. The molecule has 36 heavy (non-hydrogen) atoms. The Morgan fingerprint density at radius 3 is 2.64 bits per heavy atom. The number of rotatable bonds is 8. The van der Waals surface area contributed by atoms with Gasteiger partial charge >= 0.3 is 0 Å². The molecule has 2 aromatic heterocycles. The fourth-order valence-electron chi connectivity index (χ4n) is 4.45. The Hall–Kier alpha value is -3.89. The molecule has 1 aliphatic rings. The molecule has 0 spiro atoms. The van der Waals surface area contributed by atoms with Crippen LogP contribution in [0.1, 0.15) is 54.5 Å². The summed E-state index contributed by atoms with van der Waals surface area (Å²) in [5, 5.41) is 14.3. The molecule has 190 valence electrons. The quantitative estimate of drug-likeness (QED) is 0.492. The highest BCUT2D eigenvalue weighted by atomic mass is 19.1. The third kappa shape index (κ3) is 6.41. The number of methoxy groups -OCH3 is 1. The van der Waals surface area contributed by atoms with Crippen molar-refractivity contribution in [3.05, 3.63) is 53.4 Å². The largest absolute Gasteiger partial charge is 0.494 e. The van der Waals surface area contributed by atoms with Gasteiger partial charge in [-0.3, -0.25) is 14.3 Å². The fourth-order valence-corrected chi connectivity index (χ4v) is 4.45. The number of halogens is 1. The Bertz CT molecular complexity index is 1240. The standard InChI is InChI=1S/C25H30FN7O3/c1-15-28-21(11-22(29-15)25(35)27-12-18-6-9-20(26)24(10-18)36-3)23-14-33(32-31-23)13-17-4-7-19(8-5-17)30-16(2)34/h6,9-11,14,17,19H,4-5,7-8,12-13H2,1-3H3,(H,27,35)(H,30,34). The smallest absolute Gasteiger partial charge is 0.270 e. The lowest BCUT2D eigenvalue weighted by Crippen LogP contribution is -2.36. The third-order valence-corrected chi connectivity index (χ3v) is 6.24. The Labute approximate surface area is 208 Å². The van der Waals surface area contributed by atoms with Crippen molar-refractivity contribution in [3.8, 4) is 17.1 Å². The van der Waals surface area contributed by atoms with Crippen molar-refractivity contribution in [2.24, 2.45) is 5.92 Å². The molecule has 4 rings (SSSR count). The van der Waals surface area contributed by atoms with Gasteiger partial charge in [0.1, 0.15) is 17.2 Å². The molecule has 3 aromatic rings. The summed E-state index contributed by atoms with van der Waals surface area (Å²) < 4.78 is 20.4. The highest BCUT2D eigenvalue weighted by molar-refractivity contribution is 5.93. The van der Waals surface area contributed by atoms with Crippen LogP contribution in [0.2, 0.25) is 0 Å². The van der Waals surface area contributed by atoms with Crippen LogP contribution in [0.15, 0.2) is 30.5 Å². The van der Waals surface area contributed by atoms with E-state index in [-0.39, 0.29) is 35.8 Å². The van der Waals surface area contributed by atoms with Crippen LogP contribution >= 0.6 is 0 Å².